The highest BCUT2D eigenvalue weighted by atomic mass is 16.5. The van der Waals surface area contributed by atoms with Gasteiger partial charge in [0.15, 0.2) is 0 Å². The first-order valence-corrected chi connectivity index (χ1v) is 8.82. The van der Waals surface area contributed by atoms with Crippen LogP contribution < -0.4 is 15.0 Å². The second-order valence-electron chi connectivity index (χ2n) is 5.75. The van der Waals surface area contributed by atoms with Gasteiger partial charge in [-0.25, -0.2) is 0 Å². The fourth-order valence-corrected chi connectivity index (χ4v) is 2.02. The molecule has 1 N–H and O–H groups in total. The minimum Gasteiger partial charge on any atom is -0.494 e. The van der Waals surface area contributed by atoms with Crippen LogP contribution in [0.15, 0.2) is 24.3 Å². The van der Waals surface area contributed by atoms with Gasteiger partial charge in [0.25, 0.3) is 0 Å². The quantitative estimate of drug-likeness (QED) is 0.885. The predicted octanol–water partition coefficient (Wildman–Crippen LogP) is 4.57. The normalized spacial score (nSPS) is 14.2. The molecule has 3 heteroatoms. The molecular formula is C19H36N2O. The number of benzene rings is 1. The van der Waals surface area contributed by atoms with Crippen LogP contribution in [0.3, 0.4) is 0 Å². The Morgan fingerprint density at radius 2 is 1.64 bits per heavy atom. The van der Waals surface area contributed by atoms with E-state index in [9.17, 15) is 0 Å². The zero-order valence-corrected chi connectivity index (χ0v) is 15.5. The SMILES string of the molecule is CC.CC(C)C.CCOc1ccc(N2CCCNCC2)cc1. The van der Waals surface area contributed by atoms with Gasteiger partial charge in [0.05, 0.1) is 6.61 Å². The molecule has 0 unspecified atom stereocenters. The highest BCUT2D eigenvalue weighted by molar-refractivity contribution is 5.49. The molecule has 1 fully saturated rings. The van der Waals surface area contributed by atoms with Crippen LogP contribution in [0.25, 0.3) is 0 Å². The Morgan fingerprint density at radius 3 is 2.18 bits per heavy atom. The molecular weight excluding hydrogens is 272 g/mol. The molecule has 0 radical (unpaired) electrons. The van der Waals surface area contributed by atoms with Crippen LogP contribution in [0.5, 0.6) is 5.75 Å². The minimum atomic E-state index is 0.729. The second kappa shape index (κ2) is 13.4. The molecule has 1 aliphatic heterocycles. The Labute approximate surface area is 138 Å². The third kappa shape index (κ3) is 9.67. The zero-order chi connectivity index (χ0) is 16.8. The third-order valence-electron chi connectivity index (χ3n) is 2.85. The Balaban J connectivity index is 0.000000640. The first kappa shape index (κ1) is 20.8. The Hall–Kier alpha value is -1.22. The van der Waals surface area contributed by atoms with E-state index in [-0.39, 0.29) is 0 Å². The van der Waals surface area contributed by atoms with Crippen molar-refractivity contribution in [1.29, 1.82) is 0 Å². The van der Waals surface area contributed by atoms with Crippen LogP contribution in [0.1, 0.15) is 48.0 Å². The number of nitrogens with one attached hydrogen (secondary N) is 1. The summed E-state index contributed by atoms with van der Waals surface area (Å²) in [5, 5.41) is 3.41. The van der Waals surface area contributed by atoms with Gasteiger partial charge in [0.2, 0.25) is 0 Å². The molecule has 0 bridgehead atoms. The molecule has 1 aliphatic rings. The van der Waals surface area contributed by atoms with Crippen LogP contribution in [-0.4, -0.2) is 32.8 Å². The van der Waals surface area contributed by atoms with E-state index < -0.39 is 0 Å². The number of nitrogens with zero attached hydrogens (tertiary/aromatic N) is 1. The maximum absolute atomic E-state index is 5.44. The van der Waals surface area contributed by atoms with Crippen LogP contribution in [0.2, 0.25) is 0 Å². The van der Waals surface area contributed by atoms with Gasteiger partial charge in [-0.1, -0.05) is 34.6 Å². The predicted molar refractivity (Wildman–Crippen MR) is 99.2 cm³/mol. The lowest BCUT2D eigenvalue weighted by Gasteiger charge is -2.22. The van der Waals surface area contributed by atoms with Crippen LogP contribution in [0, 0.1) is 5.92 Å². The van der Waals surface area contributed by atoms with Crippen molar-refractivity contribution in [3.8, 4) is 5.75 Å². The summed E-state index contributed by atoms with van der Waals surface area (Å²) in [6, 6.07) is 8.40. The first-order chi connectivity index (χ1) is 10.6. The summed E-state index contributed by atoms with van der Waals surface area (Å²) in [5.41, 5.74) is 1.30. The van der Waals surface area contributed by atoms with Crippen molar-refractivity contribution in [3.05, 3.63) is 24.3 Å². The molecule has 0 amide bonds. The molecule has 0 aromatic heterocycles. The molecule has 0 spiro atoms. The monoisotopic (exact) mass is 308 g/mol. The van der Waals surface area contributed by atoms with Gasteiger partial charge in [-0.3, -0.25) is 0 Å². The maximum atomic E-state index is 5.44. The second-order valence-corrected chi connectivity index (χ2v) is 5.75. The molecule has 1 aromatic rings. The van der Waals surface area contributed by atoms with Gasteiger partial charge in [0, 0.05) is 25.3 Å². The van der Waals surface area contributed by atoms with Gasteiger partial charge < -0.3 is 15.0 Å². The lowest BCUT2D eigenvalue weighted by atomic mass is 10.2. The van der Waals surface area contributed by atoms with Crippen molar-refractivity contribution >= 4 is 5.69 Å². The van der Waals surface area contributed by atoms with Gasteiger partial charge in [-0.15, -0.1) is 0 Å². The van der Waals surface area contributed by atoms with E-state index in [1.54, 1.807) is 0 Å². The smallest absolute Gasteiger partial charge is 0.119 e. The molecule has 0 aliphatic carbocycles. The van der Waals surface area contributed by atoms with Crippen molar-refractivity contribution in [2.45, 2.75) is 48.0 Å². The number of hydrogen-bond acceptors (Lipinski definition) is 3. The summed E-state index contributed by atoms with van der Waals surface area (Å²) < 4.78 is 5.44. The molecule has 3 nitrogen and oxygen atoms in total. The average molecular weight is 309 g/mol. The van der Waals surface area contributed by atoms with Crippen molar-refractivity contribution in [2.24, 2.45) is 5.92 Å². The minimum absolute atomic E-state index is 0.729. The lowest BCUT2D eigenvalue weighted by Crippen LogP contribution is -2.27. The number of rotatable bonds is 3. The van der Waals surface area contributed by atoms with E-state index in [0.717, 1.165) is 44.5 Å². The third-order valence-corrected chi connectivity index (χ3v) is 2.85. The fraction of sp³-hybridized carbons (Fsp3) is 0.684. The van der Waals surface area contributed by atoms with Crippen molar-refractivity contribution in [2.75, 3.05) is 37.7 Å². The van der Waals surface area contributed by atoms with Crippen molar-refractivity contribution < 1.29 is 4.74 Å². The Kier molecular flexibility index (Phi) is 12.7. The molecule has 1 saturated heterocycles. The van der Waals surface area contributed by atoms with Gasteiger partial charge in [-0.2, -0.15) is 0 Å². The van der Waals surface area contributed by atoms with E-state index in [1.807, 2.05) is 20.8 Å². The van der Waals surface area contributed by atoms with E-state index in [0.29, 0.717) is 0 Å². The van der Waals surface area contributed by atoms with E-state index in [4.69, 9.17) is 4.74 Å². The Morgan fingerprint density at radius 1 is 1.05 bits per heavy atom. The lowest BCUT2D eigenvalue weighted by molar-refractivity contribution is 0.340. The summed E-state index contributed by atoms with van der Waals surface area (Å²) in [7, 11) is 0. The standard InChI is InChI=1S/C13H20N2O.C4H10.C2H6/c1-2-16-13-6-4-12(5-7-13)15-10-3-8-14-9-11-15;1-4(2)3;1-2/h4-7,14H,2-3,8-11H2,1H3;4H,1-3H3;1-2H3. The van der Waals surface area contributed by atoms with Crippen molar-refractivity contribution in [1.82, 2.24) is 5.32 Å². The van der Waals surface area contributed by atoms with Crippen LogP contribution in [0.4, 0.5) is 5.69 Å². The van der Waals surface area contributed by atoms with Crippen molar-refractivity contribution in [3.63, 3.8) is 0 Å². The largest absolute Gasteiger partial charge is 0.494 e. The molecule has 0 saturated carbocycles. The zero-order valence-electron chi connectivity index (χ0n) is 15.5. The summed E-state index contributed by atoms with van der Waals surface area (Å²) in [4.78, 5) is 2.43. The van der Waals surface area contributed by atoms with Gasteiger partial charge in [-0.05, 0) is 50.1 Å². The fourth-order valence-electron chi connectivity index (χ4n) is 2.02. The van der Waals surface area contributed by atoms with E-state index in [1.165, 1.54) is 12.1 Å². The summed E-state index contributed by atoms with van der Waals surface area (Å²) in [5.74, 6) is 1.79. The molecule has 0 atom stereocenters. The molecule has 22 heavy (non-hydrogen) atoms. The van der Waals surface area contributed by atoms with Crippen LogP contribution in [-0.2, 0) is 0 Å². The summed E-state index contributed by atoms with van der Waals surface area (Å²) >= 11 is 0. The molecule has 128 valence electrons. The molecule has 2 rings (SSSR count). The van der Waals surface area contributed by atoms with Gasteiger partial charge >= 0.3 is 0 Å². The van der Waals surface area contributed by atoms with Gasteiger partial charge in [0.1, 0.15) is 5.75 Å². The Bertz CT molecular complexity index is 338. The molecule has 1 aromatic carbocycles. The van der Waals surface area contributed by atoms with E-state index >= 15 is 0 Å². The topological polar surface area (TPSA) is 24.5 Å². The molecule has 1 heterocycles. The number of ether oxygens (including phenoxy) is 1. The highest BCUT2D eigenvalue weighted by Crippen LogP contribution is 2.19. The summed E-state index contributed by atoms with van der Waals surface area (Å²) in [6.45, 7) is 17.7. The van der Waals surface area contributed by atoms with E-state index in [2.05, 4.69) is 55.3 Å². The average Bonchev–Trinajstić information content (AvgIpc) is 2.79. The summed E-state index contributed by atoms with van der Waals surface area (Å²) in [6.07, 6.45) is 1.22. The highest BCUT2D eigenvalue weighted by Gasteiger charge is 2.08. The number of hydrogen-bond donors (Lipinski definition) is 1. The van der Waals surface area contributed by atoms with Crippen LogP contribution >= 0.6 is 0 Å². The first-order valence-electron chi connectivity index (χ1n) is 8.82. The number of anilines is 1. The maximum Gasteiger partial charge on any atom is 0.119 e.